The number of ketones is 2. The highest BCUT2D eigenvalue weighted by Gasteiger charge is 2.40. The summed E-state index contributed by atoms with van der Waals surface area (Å²) in [6, 6.07) is 0. The molecular formula is C20H28N2O9S. The molecule has 0 aromatic rings. The van der Waals surface area contributed by atoms with Gasteiger partial charge in [-0.2, -0.15) is 0 Å². The van der Waals surface area contributed by atoms with E-state index in [1.165, 1.54) is 13.8 Å². The van der Waals surface area contributed by atoms with Crippen LogP contribution in [0.1, 0.15) is 46.5 Å². The van der Waals surface area contributed by atoms with Crippen molar-refractivity contribution in [2.75, 3.05) is 25.4 Å². The van der Waals surface area contributed by atoms with E-state index in [0.717, 1.165) is 18.7 Å². The number of amides is 2. The van der Waals surface area contributed by atoms with Crippen LogP contribution in [-0.4, -0.2) is 72.0 Å². The first kappa shape index (κ1) is 27.3. The molecule has 1 atom stereocenters. The van der Waals surface area contributed by atoms with E-state index in [0.29, 0.717) is 5.75 Å². The van der Waals surface area contributed by atoms with Gasteiger partial charge in [-0.1, -0.05) is 25.6 Å². The van der Waals surface area contributed by atoms with Crippen molar-refractivity contribution in [1.82, 2.24) is 10.6 Å². The van der Waals surface area contributed by atoms with E-state index in [2.05, 4.69) is 10.6 Å². The minimum Gasteiger partial charge on any atom is -0.459 e. The fourth-order valence-electron chi connectivity index (χ4n) is 2.56. The number of carbonyl (C=O) groups is 7. The highest BCUT2D eigenvalue weighted by Crippen LogP contribution is 2.25. The van der Waals surface area contributed by atoms with Crippen LogP contribution in [0, 0.1) is 5.41 Å². The Kier molecular flexibility index (Phi) is 11.0. The van der Waals surface area contributed by atoms with Crippen molar-refractivity contribution in [1.29, 1.82) is 0 Å². The lowest BCUT2D eigenvalue weighted by atomic mass is 9.86. The molecular weight excluding hydrogens is 444 g/mol. The minimum atomic E-state index is -1.43. The number of nitrogens with one attached hydrogen (secondary N) is 2. The summed E-state index contributed by atoms with van der Waals surface area (Å²) < 4.78 is 10.2. The van der Waals surface area contributed by atoms with Crippen molar-refractivity contribution >= 4 is 52.2 Å². The van der Waals surface area contributed by atoms with Crippen molar-refractivity contribution < 1.29 is 43.0 Å². The number of hydrogen-bond donors (Lipinski definition) is 2. The summed E-state index contributed by atoms with van der Waals surface area (Å²) in [5.41, 5.74) is -1.23. The van der Waals surface area contributed by atoms with Crippen molar-refractivity contribution in [2.24, 2.45) is 5.41 Å². The third-order valence-corrected chi connectivity index (χ3v) is 5.22. The molecule has 0 spiro atoms. The fraction of sp³-hybridized carbons (Fsp3) is 0.650. The van der Waals surface area contributed by atoms with E-state index in [1.807, 2.05) is 0 Å². The van der Waals surface area contributed by atoms with Gasteiger partial charge in [0.15, 0.2) is 11.2 Å². The van der Waals surface area contributed by atoms with Crippen LogP contribution in [0.2, 0.25) is 0 Å². The normalized spacial score (nSPS) is 20.5. The summed E-state index contributed by atoms with van der Waals surface area (Å²) in [7, 11) is 0. The van der Waals surface area contributed by atoms with Crippen LogP contribution in [0.15, 0.2) is 0 Å². The van der Waals surface area contributed by atoms with Crippen LogP contribution >= 0.6 is 11.8 Å². The van der Waals surface area contributed by atoms with E-state index in [4.69, 9.17) is 9.47 Å². The fourth-order valence-corrected chi connectivity index (χ4v) is 3.26. The Labute approximate surface area is 189 Å². The Morgan fingerprint density at radius 2 is 1.75 bits per heavy atom. The number of thioether (sulfide) groups is 1. The van der Waals surface area contributed by atoms with Crippen molar-refractivity contribution in [3.63, 3.8) is 0 Å². The average molecular weight is 473 g/mol. The minimum absolute atomic E-state index is 0.0490. The number of hydrogen-bond acceptors (Lipinski definition) is 10. The molecule has 2 amide bonds. The van der Waals surface area contributed by atoms with E-state index in [1.54, 1.807) is 0 Å². The molecule has 11 nitrogen and oxygen atoms in total. The molecule has 0 aromatic carbocycles. The zero-order chi connectivity index (χ0) is 24.3. The average Bonchev–Trinajstić information content (AvgIpc) is 2.71. The molecule has 178 valence electrons. The lowest BCUT2D eigenvalue weighted by Gasteiger charge is -2.32. The van der Waals surface area contributed by atoms with Gasteiger partial charge >= 0.3 is 11.9 Å². The smallest absolute Gasteiger partial charge is 0.374 e. The second-order valence-electron chi connectivity index (χ2n) is 7.82. The quantitative estimate of drug-likeness (QED) is 0.315. The molecule has 0 aromatic heterocycles. The zero-order valence-corrected chi connectivity index (χ0v) is 19.1. The summed E-state index contributed by atoms with van der Waals surface area (Å²) in [5.74, 6) is -4.03. The molecule has 1 aliphatic heterocycles. The highest BCUT2D eigenvalue weighted by molar-refractivity contribution is 8.13. The topological polar surface area (TPSA) is 162 Å². The van der Waals surface area contributed by atoms with E-state index in [-0.39, 0.29) is 49.8 Å². The number of Topliss-reactive ketones (excluding diaryl/α,β-unsaturated/α-hetero) is 2. The predicted octanol–water partition coefficient (Wildman–Crippen LogP) is -0.308. The molecule has 1 aliphatic rings. The van der Waals surface area contributed by atoms with Crippen LogP contribution < -0.4 is 10.6 Å². The summed E-state index contributed by atoms with van der Waals surface area (Å²) in [4.78, 5) is 83.2. The molecule has 12 heteroatoms. The maximum atomic E-state index is 12.7. The molecule has 0 unspecified atom stereocenters. The van der Waals surface area contributed by atoms with Crippen LogP contribution in [0.25, 0.3) is 0 Å². The van der Waals surface area contributed by atoms with Crippen molar-refractivity contribution in [2.45, 2.75) is 52.6 Å². The van der Waals surface area contributed by atoms with Crippen LogP contribution in [0.5, 0.6) is 0 Å². The maximum absolute atomic E-state index is 12.7. The molecule has 2 N–H and O–H groups in total. The molecule has 0 bridgehead atoms. The van der Waals surface area contributed by atoms with Crippen LogP contribution in [-0.2, 0) is 43.0 Å². The molecule has 0 radical (unpaired) electrons. The molecule has 1 rings (SSSR count). The predicted molar refractivity (Wildman–Crippen MR) is 112 cm³/mol. The van der Waals surface area contributed by atoms with Crippen LogP contribution in [0.3, 0.4) is 0 Å². The number of carbonyl (C=O) groups excluding carboxylic acids is 7. The lowest BCUT2D eigenvalue weighted by molar-refractivity contribution is -0.170. The van der Waals surface area contributed by atoms with E-state index < -0.39 is 47.5 Å². The monoisotopic (exact) mass is 472 g/mol. The van der Waals surface area contributed by atoms with Crippen molar-refractivity contribution in [3.8, 4) is 0 Å². The molecule has 0 aliphatic carbocycles. The van der Waals surface area contributed by atoms with Gasteiger partial charge in [-0.25, -0.2) is 4.79 Å². The maximum Gasteiger partial charge on any atom is 0.374 e. The van der Waals surface area contributed by atoms with Crippen LogP contribution in [0.4, 0.5) is 0 Å². The number of rotatable bonds is 4. The summed E-state index contributed by atoms with van der Waals surface area (Å²) in [6.45, 7) is 3.79. The Bertz CT molecular complexity index is 779. The van der Waals surface area contributed by atoms with E-state index in [9.17, 15) is 33.6 Å². The largest absolute Gasteiger partial charge is 0.459 e. The van der Waals surface area contributed by atoms with E-state index >= 15 is 0 Å². The van der Waals surface area contributed by atoms with Gasteiger partial charge in [0, 0.05) is 44.0 Å². The zero-order valence-electron chi connectivity index (χ0n) is 18.3. The first-order valence-electron chi connectivity index (χ1n) is 10.0. The summed E-state index contributed by atoms with van der Waals surface area (Å²) >= 11 is 0.911. The molecule has 1 heterocycles. The number of ether oxygens (including phenoxy) is 2. The van der Waals surface area contributed by atoms with Gasteiger partial charge in [0.2, 0.25) is 11.7 Å². The second kappa shape index (κ2) is 12.9. The standard InChI is InChI=1S/C20H28N2O9S/c1-12(23)19(29)30-11-20(2,3)17-18(28)22-7-6-14(25)21-8-9-32-16(27)10-13(24)4-5-15(26)31-17/h17H,4-11H2,1-3H3,(H,21,25)(H,22,28)/t17-/m0/s1. The van der Waals surface area contributed by atoms with Gasteiger partial charge in [0.25, 0.3) is 5.91 Å². The molecule has 0 saturated carbocycles. The van der Waals surface area contributed by atoms with Gasteiger partial charge in [-0.3, -0.25) is 28.8 Å². The van der Waals surface area contributed by atoms with Gasteiger partial charge < -0.3 is 20.1 Å². The van der Waals surface area contributed by atoms with Gasteiger partial charge in [-0.05, 0) is 0 Å². The highest BCUT2D eigenvalue weighted by atomic mass is 32.2. The van der Waals surface area contributed by atoms with Gasteiger partial charge in [-0.15, -0.1) is 0 Å². The second-order valence-corrected chi connectivity index (χ2v) is 8.97. The Hall–Kier alpha value is -2.76. The SMILES string of the molecule is CC(=O)C(=O)OCC(C)(C)[C@H]1OC(=O)CCC(=O)CC(=O)SCCNC(=O)CCNC1=O. The third-order valence-electron chi connectivity index (χ3n) is 4.35. The first-order chi connectivity index (χ1) is 14.9. The Morgan fingerprint density at radius 3 is 2.41 bits per heavy atom. The third kappa shape index (κ3) is 10.0. The lowest BCUT2D eigenvalue weighted by Crippen LogP contribution is -2.49. The Balaban J connectivity index is 2.96. The molecule has 1 fully saturated rings. The molecule has 32 heavy (non-hydrogen) atoms. The number of esters is 2. The first-order valence-corrected chi connectivity index (χ1v) is 11.0. The van der Waals surface area contributed by atoms with Gasteiger partial charge in [0.05, 0.1) is 12.8 Å². The summed E-state index contributed by atoms with van der Waals surface area (Å²) in [5, 5.41) is 4.72. The Morgan fingerprint density at radius 1 is 1.06 bits per heavy atom. The number of cyclic esters (lactones) is 1. The summed E-state index contributed by atoms with van der Waals surface area (Å²) in [6.07, 6.45) is -2.42. The molecule has 1 saturated heterocycles. The van der Waals surface area contributed by atoms with Crippen molar-refractivity contribution in [3.05, 3.63) is 0 Å². The van der Waals surface area contributed by atoms with Gasteiger partial charge in [0.1, 0.15) is 12.4 Å².